The molecule has 7 heteroatoms. The molecule has 0 heterocycles. The standard InChI is InChI=1S/7Zn. The molecule has 0 radical (unpaired) electrons. The van der Waals surface area contributed by atoms with Crippen molar-refractivity contribution in [3.05, 3.63) is 0 Å². The molecule has 0 nitrogen and oxygen atoms in total. The molecule has 0 bridgehead atoms. The van der Waals surface area contributed by atoms with E-state index in [-0.39, 0.29) is 136 Å². The third-order valence-electron chi connectivity index (χ3n) is 0. The van der Waals surface area contributed by atoms with Crippen LogP contribution in [0.1, 0.15) is 0 Å². The van der Waals surface area contributed by atoms with Gasteiger partial charge in [0.2, 0.25) is 0 Å². The van der Waals surface area contributed by atoms with Crippen molar-refractivity contribution >= 4 is 0 Å². The minimum absolute atomic E-state index is 0. The van der Waals surface area contributed by atoms with E-state index in [9.17, 15) is 0 Å². The summed E-state index contributed by atoms with van der Waals surface area (Å²) < 4.78 is 0. The van der Waals surface area contributed by atoms with Crippen molar-refractivity contribution in [3.8, 4) is 0 Å². The molecule has 14 valence electrons. The number of hydrogen-bond donors (Lipinski definition) is 0. The Morgan fingerprint density at radius 3 is 0.143 bits per heavy atom. The summed E-state index contributed by atoms with van der Waals surface area (Å²) in [4.78, 5) is 0. The van der Waals surface area contributed by atoms with E-state index in [0.717, 1.165) is 0 Å². The molecule has 0 spiro atoms. The Balaban J connectivity index is 0. The van der Waals surface area contributed by atoms with Crippen molar-refractivity contribution in [1.29, 1.82) is 0 Å². The molecule has 0 amide bonds. The predicted octanol–water partition coefficient (Wildman–Crippen LogP) is -0.0175. The first-order valence-corrected chi connectivity index (χ1v) is 0. The summed E-state index contributed by atoms with van der Waals surface area (Å²) in [5, 5.41) is 0. The Bertz CT molecular complexity index is 0. The van der Waals surface area contributed by atoms with Gasteiger partial charge in [-0.3, -0.25) is 0 Å². The van der Waals surface area contributed by atoms with E-state index < -0.39 is 0 Å². The van der Waals surface area contributed by atoms with Crippen LogP contribution in [0.15, 0.2) is 0 Å². The molecule has 0 rings (SSSR count). The molecule has 0 unspecified atom stereocenters. The average molecular weight is 458 g/mol. The SMILES string of the molecule is [Zn].[Zn].[Zn].[Zn].[Zn].[Zn].[Zn]. The molecule has 0 saturated heterocycles. The van der Waals surface area contributed by atoms with Crippen LogP contribution in [0.5, 0.6) is 0 Å². The topological polar surface area (TPSA) is 0 Å². The van der Waals surface area contributed by atoms with Crippen molar-refractivity contribution < 1.29 is 136 Å². The molecule has 0 aromatic rings. The molecule has 0 aromatic carbocycles. The first kappa shape index (κ1) is 64.1. The summed E-state index contributed by atoms with van der Waals surface area (Å²) in [5.41, 5.74) is 0. The van der Waals surface area contributed by atoms with Crippen LogP contribution in [0.4, 0.5) is 0 Å². The van der Waals surface area contributed by atoms with Crippen LogP contribution in [0.2, 0.25) is 0 Å². The van der Waals surface area contributed by atoms with Gasteiger partial charge in [0.05, 0.1) is 0 Å². The normalized spacial score (nSPS) is 0. The van der Waals surface area contributed by atoms with E-state index in [1.54, 1.807) is 0 Å². The summed E-state index contributed by atoms with van der Waals surface area (Å²) in [6, 6.07) is 0. The van der Waals surface area contributed by atoms with Crippen molar-refractivity contribution in [2.45, 2.75) is 0 Å². The minimum Gasteiger partial charge on any atom is 0 e. The average Bonchev–Trinajstić information content (AvgIpc) is 0. The van der Waals surface area contributed by atoms with Crippen molar-refractivity contribution in [2.75, 3.05) is 0 Å². The molecule has 0 fully saturated rings. The second kappa shape index (κ2) is 47.7. The smallest absolute Gasteiger partial charge is 0 e. The fourth-order valence-corrected chi connectivity index (χ4v) is 0. The van der Waals surface area contributed by atoms with Gasteiger partial charge in [-0.2, -0.15) is 0 Å². The van der Waals surface area contributed by atoms with Gasteiger partial charge in [-0.1, -0.05) is 0 Å². The molecular weight excluding hydrogens is 458 g/mol. The first-order valence-electron chi connectivity index (χ1n) is 0. The van der Waals surface area contributed by atoms with Crippen LogP contribution in [-0.2, 0) is 136 Å². The fraction of sp³-hybridized carbons (Fsp3) is 0. The molecule has 0 aliphatic rings. The maximum Gasteiger partial charge on any atom is 0 e. The molecule has 0 atom stereocenters. The Labute approximate surface area is 134 Å². The van der Waals surface area contributed by atoms with Crippen LogP contribution in [0, 0.1) is 0 Å². The van der Waals surface area contributed by atoms with Gasteiger partial charge in [-0.25, -0.2) is 0 Å². The summed E-state index contributed by atoms with van der Waals surface area (Å²) in [6.45, 7) is 0. The zero-order chi connectivity index (χ0) is 0. The van der Waals surface area contributed by atoms with Gasteiger partial charge >= 0.3 is 0 Å². The molecule has 0 aromatic heterocycles. The summed E-state index contributed by atoms with van der Waals surface area (Å²) in [6.07, 6.45) is 0. The van der Waals surface area contributed by atoms with E-state index in [2.05, 4.69) is 0 Å². The first-order chi connectivity index (χ1) is 0. The second-order valence-corrected chi connectivity index (χ2v) is 0. The molecule has 0 aliphatic carbocycles. The van der Waals surface area contributed by atoms with E-state index in [0.29, 0.717) is 0 Å². The monoisotopic (exact) mass is 448 g/mol. The van der Waals surface area contributed by atoms with Gasteiger partial charge in [0.15, 0.2) is 0 Å². The Hall–Kier alpha value is 4.36. The van der Waals surface area contributed by atoms with E-state index in [1.807, 2.05) is 0 Å². The van der Waals surface area contributed by atoms with E-state index in [4.69, 9.17) is 0 Å². The molecule has 0 aliphatic heterocycles. The Morgan fingerprint density at radius 1 is 0.143 bits per heavy atom. The largest absolute Gasteiger partial charge is 0 e. The fourth-order valence-electron chi connectivity index (χ4n) is 0. The maximum absolute atomic E-state index is 0. The third kappa shape index (κ3) is 38.1. The number of rotatable bonds is 0. The third-order valence-corrected chi connectivity index (χ3v) is 0. The molecule has 0 N–H and O–H groups in total. The minimum atomic E-state index is 0. The van der Waals surface area contributed by atoms with Crippen LogP contribution >= 0.6 is 0 Å². The molecular formula is Zn7. The van der Waals surface area contributed by atoms with E-state index >= 15 is 0 Å². The summed E-state index contributed by atoms with van der Waals surface area (Å²) in [5.74, 6) is 0. The van der Waals surface area contributed by atoms with E-state index in [1.165, 1.54) is 0 Å². The van der Waals surface area contributed by atoms with Crippen LogP contribution < -0.4 is 0 Å². The zero-order valence-electron chi connectivity index (χ0n) is 4.95. The van der Waals surface area contributed by atoms with Gasteiger partial charge in [0.25, 0.3) is 0 Å². The maximum atomic E-state index is 0. The van der Waals surface area contributed by atoms with Crippen molar-refractivity contribution in [2.24, 2.45) is 0 Å². The van der Waals surface area contributed by atoms with Gasteiger partial charge in [0.1, 0.15) is 0 Å². The second-order valence-electron chi connectivity index (χ2n) is 0. The Kier molecular flexibility index (Phi) is 437. The zero-order valence-corrected chi connectivity index (χ0v) is 25.7. The van der Waals surface area contributed by atoms with Gasteiger partial charge < -0.3 is 0 Å². The van der Waals surface area contributed by atoms with Gasteiger partial charge in [0, 0.05) is 136 Å². The van der Waals surface area contributed by atoms with Gasteiger partial charge in [-0.05, 0) is 0 Å². The summed E-state index contributed by atoms with van der Waals surface area (Å²) >= 11 is 0. The molecule has 0 saturated carbocycles. The van der Waals surface area contributed by atoms with Gasteiger partial charge in [-0.15, -0.1) is 0 Å². The van der Waals surface area contributed by atoms with Crippen LogP contribution in [-0.4, -0.2) is 0 Å². The predicted molar refractivity (Wildman–Crippen MR) is 0 cm³/mol. The van der Waals surface area contributed by atoms with Crippen molar-refractivity contribution in [1.82, 2.24) is 0 Å². The quantitative estimate of drug-likeness (QED) is 0.449. The van der Waals surface area contributed by atoms with Crippen LogP contribution in [0.25, 0.3) is 0 Å². The van der Waals surface area contributed by atoms with Crippen molar-refractivity contribution in [3.63, 3.8) is 0 Å². The molecule has 7 heavy (non-hydrogen) atoms. The Morgan fingerprint density at radius 2 is 0.143 bits per heavy atom. The van der Waals surface area contributed by atoms with Crippen LogP contribution in [0.3, 0.4) is 0 Å². The number of hydrogen-bond acceptors (Lipinski definition) is 0. The summed E-state index contributed by atoms with van der Waals surface area (Å²) in [7, 11) is 0.